The Morgan fingerprint density at radius 1 is 1.24 bits per heavy atom. The van der Waals surface area contributed by atoms with Crippen LogP contribution >= 0.6 is 11.8 Å². The predicted octanol–water partition coefficient (Wildman–Crippen LogP) is 1.16. The van der Waals surface area contributed by atoms with Gasteiger partial charge in [-0.1, -0.05) is 36.0 Å². The average molecular weight is 246 g/mol. The van der Waals surface area contributed by atoms with Crippen LogP contribution in [0.15, 0.2) is 29.4 Å². The van der Waals surface area contributed by atoms with Crippen LogP contribution in [0.3, 0.4) is 0 Å². The first-order chi connectivity index (χ1) is 8.33. The zero-order chi connectivity index (χ0) is 11.7. The maximum atomic E-state index is 4.41. The highest BCUT2D eigenvalue weighted by atomic mass is 32.2. The van der Waals surface area contributed by atoms with Crippen molar-refractivity contribution < 1.29 is 0 Å². The molecule has 0 spiro atoms. The number of H-pyrrole nitrogens is 1. The first-order valence-corrected chi connectivity index (χ1v) is 6.08. The number of hydrogen-bond donors (Lipinski definition) is 1. The smallest absolute Gasteiger partial charge is 0.204 e. The molecule has 0 amide bonds. The molecule has 0 radical (unpaired) electrons. The molecule has 0 atom stereocenters. The lowest BCUT2D eigenvalue weighted by Crippen LogP contribution is -2.02. The molecule has 0 fully saturated rings. The van der Waals surface area contributed by atoms with Crippen molar-refractivity contribution in [1.82, 2.24) is 25.6 Å². The number of nitrogens with zero attached hydrogens (tertiary/aromatic N) is 5. The number of rotatable bonds is 2. The van der Waals surface area contributed by atoms with Crippen LogP contribution in [-0.2, 0) is 0 Å². The number of aromatic nitrogens is 4. The molecule has 1 aromatic heterocycles. The Morgan fingerprint density at radius 2 is 2.00 bits per heavy atom. The Kier molecular flexibility index (Phi) is 2.52. The van der Waals surface area contributed by atoms with Crippen molar-refractivity contribution in [3.8, 4) is 11.4 Å². The molecule has 1 N–H and O–H groups in total. The molecule has 0 saturated heterocycles. The van der Waals surface area contributed by atoms with E-state index in [9.17, 15) is 0 Å². The van der Waals surface area contributed by atoms with Gasteiger partial charge in [-0.2, -0.15) is 10.3 Å². The van der Waals surface area contributed by atoms with Crippen LogP contribution in [-0.4, -0.2) is 43.6 Å². The van der Waals surface area contributed by atoms with E-state index in [0.717, 1.165) is 22.0 Å². The van der Waals surface area contributed by atoms with Crippen molar-refractivity contribution >= 4 is 16.8 Å². The summed E-state index contributed by atoms with van der Waals surface area (Å²) in [4.78, 5) is 0. The quantitative estimate of drug-likeness (QED) is 0.861. The summed E-state index contributed by atoms with van der Waals surface area (Å²) in [6.07, 6.45) is 0. The van der Waals surface area contributed by atoms with Gasteiger partial charge in [0.25, 0.3) is 0 Å². The number of hydrazone groups is 1. The molecule has 3 rings (SSSR count). The Balaban J connectivity index is 1.88. The summed E-state index contributed by atoms with van der Waals surface area (Å²) in [6.45, 7) is 0. The lowest BCUT2D eigenvalue weighted by atomic mass is 10.1. The highest BCUT2D eigenvalue weighted by molar-refractivity contribution is 8.14. The van der Waals surface area contributed by atoms with Crippen molar-refractivity contribution in [3.63, 3.8) is 0 Å². The van der Waals surface area contributed by atoms with Crippen LogP contribution in [0, 0.1) is 0 Å². The standard InChI is InChI=1S/C10H10N6S/c1-16-6-17-10(13-16)8-4-2-7(3-5-8)9-11-14-15-12-9/h2-5H,6H2,1H3,(H,11,12,14,15). The van der Waals surface area contributed by atoms with Crippen molar-refractivity contribution in [2.75, 3.05) is 12.9 Å². The molecule has 86 valence electrons. The van der Waals surface area contributed by atoms with Gasteiger partial charge in [0, 0.05) is 18.2 Å². The van der Waals surface area contributed by atoms with Gasteiger partial charge in [-0.15, -0.1) is 10.2 Å². The highest BCUT2D eigenvalue weighted by Crippen LogP contribution is 2.23. The molecule has 6 nitrogen and oxygen atoms in total. The minimum absolute atomic E-state index is 0.606. The number of aromatic amines is 1. The molecule has 0 unspecified atom stereocenters. The lowest BCUT2D eigenvalue weighted by molar-refractivity contribution is 0.430. The van der Waals surface area contributed by atoms with Crippen molar-refractivity contribution in [1.29, 1.82) is 0 Å². The molecular formula is C10H10N6S. The van der Waals surface area contributed by atoms with Crippen LogP contribution in [0.25, 0.3) is 11.4 Å². The van der Waals surface area contributed by atoms with Crippen LogP contribution in [0.4, 0.5) is 0 Å². The van der Waals surface area contributed by atoms with Crippen LogP contribution in [0.5, 0.6) is 0 Å². The van der Waals surface area contributed by atoms with Gasteiger partial charge < -0.3 is 0 Å². The second-order valence-electron chi connectivity index (χ2n) is 3.65. The Hall–Kier alpha value is -1.89. The molecule has 2 heterocycles. The summed E-state index contributed by atoms with van der Waals surface area (Å²) >= 11 is 1.73. The molecule has 17 heavy (non-hydrogen) atoms. The normalized spacial score (nSPS) is 15.1. The van der Waals surface area contributed by atoms with E-state index >= 15 is 0 Å². The van der Waals surface area contributed by atoms with E-state index in [-0.39, 0.29) is 0 Å². The van der Waals surface area contributed by atoms with E-state index < -0.39 is 0 Å². The van der Waals surface area contributed by atoms with Crippen LogP contribution in [0.2, 0.25) is 0 Å². The van der Waals surface area contributed by atoms with E-state index in [1.54, 1.807) is 11.8 Å². The van der Waals surface area contributed by atoms with Gasteiger partial charge in [0.15, 0.2) is 0 Å². The molecule has 1 aliphatic rings. The Labute approximate surface area is 102 Å². The third-order valence-corrected chi connectivity index (χ3v) is 3.48. The highest BCUT2D eigenvalue weighted by Gasteiger charge is 2.13. The summed E-state index contributed by atoms with van der Waals surface area (Å²) in [6, 6.07) is 8.00. The Morgan fingerprint density at radius 3 is 2.59 bits per heavy atom. The number of benzene rings is 1. The minimum atomic E-state index is 0.606. The molecule has 2 aromatic rings. The molecular weight excluding hydrogens is 236 g/mol. The number of tetrazole rings is 1. The fourth-order valence-corrected chi connectivity index (χ4v) is 2.42. The second kappa shape index (κ2) is 4.17. The third kappa shape index (κ3) is 2.01. The maximum Gasteiger partial charge on any atom is 0.204 e. The van der Waals surface area contributed by atoms with Gasteiger partial charge in [-0.3, -0.25) is 5.01 Å². The molecule has 0 bridgehead atoms. The first kappa shape index (κ1) is 10.3. The maximum absolute atomic E-state index is 4.41. The van der Waals surface area contributed by atoms with Crippen molar-refractivity contribution in [2.24, 2.45) is 5.10 Å². The fourth-order valence-electron chi connectivity index (χ4n) is 1.55. The number of thioether (sulfide) groups is 1. The topological polar surface area (TPSA) is 70.1 Å². The van der Waals surface area contributed by atoms with Gasteiger partial charge in [-0.05, 0) is 5.21 Å². The van der Waals surface area contributed by atoms with Crippen molar-refractivity contribution in [2.45, 2.75) is 0 Å². The minimum Gasteiger partial charge on any atom is -0.289 e. The molecule has 0 saturated carbocycles. The lowest BCUT2D eigenvalue weighted by Gasteiger charge is -2.00. The fraction of sp³-hybridized carbons (Fsp3) is 0.200. The van der Waals surface area contributed by atoms with Gasteiger partial charge in [0.05, 0.1) is 5.88 Å². The van der Waals surface area contributed by atoms with Crippen molar-refractivity contribution in [3.05, 3.63) is 29.8 Å². The van der Waals surface area contributed by atoms with Crippen LogP contribution in [0.1, 0.15) is 5.56 Å². The monoisotopic (exact) mass is 246 g/mol. The first-order valence-electron chi connectivity index (χ1n) is 5.10. The molecule has 7 heteroatoms. The summed E-state index contributed by atoms with van der Waals surface area (Å²) in [5, 5.41) is 21.2. The second-order valence-corrected chi connectivity index (χ2v) is 4.58. The summed E-state index contributed by atoms with van der Waals surface area (Å²) < 4.78 is 0. The van der Waals surface area contributed by atoms with Crippen LogP contribution < -0.4 is 0 Å². The molecule has 1 aromatic carbocycles. The summed E-state index contributed by atoms with van der Waals surface area (Å²) in [5.74, 6) is 1.51. The summed E-state index contributed by atoms with van der Waals surface area (Å²) in [7, 11) is 1.97. The molecule has 0 aliphatic carbocycles. The van der Waals surface area contributed by atoms with E-state index in [1.165, 1.54) is 0 Å². The van der Waals surface area contributed by atoms with Gasteiger partial charge in [-0.25, -0.2) is 0 Å². The number of hydrogen-bond acceptors (Lipinski definition) is 6. The molecule has 1 aliphatic heterocycles. The van der Waals surface area contributed by atoms with Gasteiger partial charge in [0.2, 0.25) is 5.82 Å². The van der Waals surface area contributed by atoms with E-state index in [2.05, 4.69) is 25.7 Å². The number of nitrogens with one attached hydrogen (secondary N) is 1. The average Bonchev–Trinajstić information content (AvgIpc) is 3.00. The van der Waals surface area contributed by atoms with Gasteiger partial charge in [0.1, 0.15) is 5.04 Å². The summed E-state index contributed by atoms with van der Waals surface area (Å²) in [5.41, 5.74) is 2.06. The van der Waals surface area contributed by atoms with E-state index in [1.807, 2.05) is 36.3 Å². The largest absolute Gasteiger partial charge is 0.289 e. The third-order valence-electron chi connectivity index (χ3n) is 2.39. The zero-order valence-electron chi connectivity index (χ0n) is 9.16. The Bertz CT molecular complexity index is 532. The van der Waals surface area contributed by atoms with E-state index in [0.29, 0.717) is 5.82 Å². The van der Waals surface area contributed by atoms with Gasteiger partial charge >= 0.3 is 0 Å². The SMILES string of the molecule is CN1CSC(c2ccc(-c3nn[nH]n3)cc2)=N1. The zero-order valence-corrected chi connectivity index (χ0v) is 9.98. The van der Waals surface area contributed by atoms with E-state index in [4.69, 9.17) is 0 Å². The predicted molar refractivity (Wildman–Crippen MR) is 66.4 cm³/mol.